The molecule has 3 aromatic carbocycles. The van der Waals surface area contributed by atoms with Gasteiger partial charge < -0.3 is 14.4 Å². The summed E-state index contributed by atoms with van der Waals surface area (Å²) in [7, 11) is 0. The van der Waals surface area contributed by atoms with E-state index < -0.39 is 6.10 Å². The SMILES string of the molecule is CCOC(=O)c1ccc(CN2C(=O)C(CC)Oc3ccc(-c4csc(-c5ccccc5)n4)cc32)cc1. The van der Waals surface area contributed by atoms with Gasteiger partial charge in [-0.1, -0.05) is 49.4 Å². The fourth-order valence-corrected chi connectivity index (χ4v) is 5.00. The Hall–Kier alpha value is -3.97. The molecule has 5 rings (SSSR count). The van der Waals surface area contributed by atoms with Crippen LogP contribution in [0.3, 0.4) is 0 Å². The van der Waals surface area contributed by atoms with Crippen molar-refractivity contribution in [3.05, 3.63) is 89.3 Å². The number of amides is 1. The van der Waals surface area contributed by atoms with Crippen LogP contribution < -0.4 is 9.64 Å². The van der Waals surface area contributed by atoms with Crippen molar-refractivity contribution in [1.29, 1.82) is 0 Å². The van der Waals surface area contributed by atoms with E-state index >= 15 is 0 Å². The van der Waals surface area contributed by atoms with Crippen molar-refractivity contribution in [2.24, 2.45) is 0 Å². The molecule has 1 aliphatic rings. The molecule has 36 heavy (non-hydrogen) atoms. The number of fused-ring (bicyclic) bond motifs is 1. The van der Waals surface area contributed by atoms with Gasteiger partial charge in [0, 0.05) is 16.5 Å². The van der Waals surface area contributed by atoms with Crippen molar-refractivity contribution in [3.8, 4) is 27.6 Å². The minimum Gasteiger partial charge on any atom is -0.478 e. The van der Waals surface area contributed by atoms with Crippen LogP contribution in [0.15, 0.2) is 78.2 Å². The summed E-state index contributed by atoms with van der Waals surface area (Å²) in [4.78, 5) is 31.9. The van der Waals surface area contributed by atoms with Crippen molar-refractivity contribution in [2.75, 3.05) is 11.5 Å². The molecule has 0 N–H and O–H groups in total. The maximum atomic E-state index is 13.3. The number of rotatable bonds is 7. The lowest BCUT2D eigenvalue weighted by molar-refractivity contribution is -0.126. The molecule has 0 fully saturated rings. The van der Waals surface area contributed by atoms with Gasteiger partial charge in [0.25, 0.3) is 5.91 Å². The highest BCUT2D eigenvalue weighted by Crippen LogP contribution is 2.39. The smallest absolute Gasteiger partial charge is 0.338 e. The highest BCUT2D eigenvalue weighted by molar-refractivity contribution is 7.13. The van der Waals surface area contributed by atoms with E-state index in [0.29, 0.717) is 36.6 Å². The lowest BCUT2D eigenvalue weighted by Crippen LogP contribution is -2.45. The van der Waals surface area contributed by atoms with Crippen molar-refractivity contribution in [3.63, 3.8) is 0 Å². The summed E-state index contributed by atoms with van der Waals surface area (Å²) in [6.07, 6.45) is 0.0382. The number of nitrogens with zero attached hydrogens (tertiary/aromatic N) is 2. The first kappa shape index (κ1) is 23.8. The molecular weight excluding hydrogens is 472 g/mol. The van der Waals surface area contributed by atoms with Crippen LogP contribution in [0.5, 0.6) is 5.75 Å². The lowest BCUT2D eigenvalue weighted by Gasteiger charge is -2.34. The Morgan fingerprint density at radius 2 is 1.81 bits per heavy atom. The number of aromatic nitrogens is 1. The molecule has 182 valence electrons. The fraction of sp³-hybridized carbons (Fsp3) is 0.207. The van der Waals surface area contributed by atoms with Crippen molar-refractivity contribution in [2.45, 2.75) is 32.9 Å². The molecule has 0 radical (unpaired) electrons. The standard InChI is InChI=1S/C29H26N2O4S/c1-3-25-28(32)31(17-19-10-12-21(13-11-19)29(33)34-4-2)24-16-22(14-15-26(24)35-25)23-18-36-27(30-23)20-8-6-5-7-9-20/h5-16,18,25H,3-4,17H2,1-2H3. The average Bonchev–Trinajstić information content (AvgIpc) is 3.41. The molecule has 0 spiro atoms. The predicted molar refractivity (Wildman–Crippen MR) is 141 cm³/mol. The van der Waals surface area contributed by atoms with Crippen LogP contribution in [0.2, 0.25) is 0 Å². The summed E-state index contributed by atoms with van der Waals surface area (Å²) >= 11 is 1.59. The Kier molecular flexibility index (Phi) is 6.82. The second-order valence-corrected chi connectivity index (χ2v) is 9.30. The van der Waals surface area contributed by atoms with Crippen LogP contribution in [-0.4, -0.2) is 29.6 Å². The van der Waals surface area contributed by atoms with E-state index in [1.165, 1.54) is 0 Å². The maximum Gasteiger partial charge on any atom is 0.338 e. The maximum absolute atomic E-state index is 13.3. The van der Waals surface area contributed by atoms with Gasteiger partial charge in [0.15, 0.2) is 6.10 Å². The molecule has 1 atom stereocenters. The third kappa shape index (κ3) is 4.75. The summed E-state index contributed by atoms with van der Waals surface area (Å²) < 4.78 is 11.1. The monoisotopic (exact) mass is 498 g/mol. The van der Waals surface area contributed by atoms with Gasteiger partial charge in [0.1, 0.15) is 10.8 Å². The fourth-order valence-electron chi connectivity index (χ4n) is 4.17. The zero-order valence-electron chi connectivity index (χ0n) is 20.1. The molecule has 0 aliphatic carbocycles. The predicted octanol–water partition coefficient (Wildman–Crippen LogP) is 6.36. The zero-order chi connectivity index (χ0) is 25.1. The normalized spacial score (nSPS) is 14.8. The van der Waals surface area contributed by atoms with Gasteiger partial charge in [0.05, 0.1) is 30.1 Å². The van der Waals surface area contributed by atoms with Crippen LogP contribution in [0.25, 0.3) is 21.8 Å². The number of esters is 1. The molecule has 2 heterocycles. The van der Waals surface area contributed by atoms with Gasteiger partial charge in [-0.25, -0.2) is 9.78 Å². The molecule has 7 heteroatoms. The lowest BCUT2D eigenvalue weighted by atomic mass is 10.1. The third-order valence-corrected chi connectivity index (χ3v) is 6.95. The third-order valence-electron chi connectivity index (χ3n) is 6.06. The molecule has 0 bridgehead atoms. The van der Waals surface area contributed by atoms with Crippen LogP contribution in [0.1, 0.15) is 36.2 Å². The van der Waals surface area contributed by atoms with Crippen molar-refractivity contribution >= 4 is 28.9 Å². The minimum atomic E-state index is -0.536. The van der Waals surface area contributed by atoms with E-state index in [4.69, 9.17) is 14.5 Å². The van der Waals surface area contributed by atoms with Gasteiger partial charge >= 0.3 is 5.97 Å². The molecule has 1 aliphatic heterocycles. The Morgan fingerprint density at radius 3 is 2.53 bits per heavy atom. The van der Waals surface area contributed by atoms with Crippen LogP contribution >= 0.6 is 11.3 Å². The first-order valence-electron chi connectivity index (χ1n) is 12.0. The highest BCUT2D eigenvalue weighted by atomic mass is 32.1. The number of carbonyl (C=O) groups excluding carboxylic acids is 2. The van der Waals surface area contributed by atoms with Gasteiger partial charge in [-0.15, -0.1) is 11.3 Å². The van der Waals surface area contributed by atoms with Gasteiger partial charge in [-0.05, 0) is 49.2 Å². The summed E-state index contributed by atoms with van der Waals surface area (Å²) in [5, 5.41) is 2.98. The highest BCUT2D eigenvalue weighted by Gasteiger charge is 2.33. The molecule has 1 unspecified atom stereocenters. The number of hydrogen-bond donors (Lipinski definition) is 0. The van der Waals surface area contributed by atoms with Crippen molar-refractivity contribution < 1.29 is 19.1 Å². The van der Waals surface area contributed by atoms with E-state index in [1.54, 1.807) is 35.3 Å². The van der Waals surface area contributed by atoms with E-state index in [1.807, 2.05) is 73.0 Å². The Labute approximate surface area is 214 Å². The van der Waals surface area contributed by atoms with Crippen LogP contribution in [-0.2, 0) is 16.1 Å². The van der Waals surface area contributed by atoms with E-state index in [9.17, 15) is 9.59 Å². The topological polar surface area (TPSA) is 68.7 Å². The largest absolute Gasteiger partial charge is 0.478 e. The molecule has 6 nitrogen and oxygen atoms in total. The zero-order valence-corrected chi connectivity index (χ0v) is 21.0. The number of anilines is 1. The Bertz CT molecular complexity index is 1380. The molecular formula is C29H26N2O4S. The van der Waals surface area contributed by atoms with Gasteiger partial charge in [-0.2, -0.15) is 0 Å². The Balaban J connectivity index is 1.46. The summed E-state index contributed by atoms with van der Waals surface area (Å²) in [6, 6.07) is 23.1. The number of ether oxygens (including phenoxy) is 2. The van der Waals surface area contributed by atoms with Crippen molar-refractivity contribution in [1.82, 2.24) is 4.98 Å². The van der Waals surface area contributed by atoms with E-state index in [2.05, 4.69) is 0 Å². The molecule has 0 saturated carbocycles. The summed E-state index contributed by atoms with van der Waals surface area (Å²) in [5.74, 6) is 0.234. The summed E-state index contributed by atoms with van der Waals surface area (Å²) in [6.45, 7) is 4.41. The van der Waals surface area contributed by atoms with Gasteiger partial charge in [-0.3, -0.25) is 4.79 Å². The van der Waals surface area contributed by atoms with Crippen LogP contribution in [0, 0.1) is 0 Å². The quantitative estimate of drug-likeness (QED) is 0.277. The summed E-state index contributed by atoms with van der Waals surface area (Å²) in [5.41, 5.74) is 4.95. The molecule has 0 saturated heterocycles. The van der Waals surface area contributed by atoms with Crippen LogP contribution in [0.4, 0.5) is 5.69 Å². The first-order valence-corrected chi connectivity index (χ1v) is 12.8. The molecule has 4 aromatic rings. The number of carbonyl (C=O) groups is 2. The van der Waals surface area contributed by atoms with Gasteiger partial charge in [0.2, 0.25) is 0 Å². The number of thiazole rings is 1. The number of benzene rings is 3. The molecule has 1 aromatic heterocycles. The second kappa shape index (κ2) is 10.3. The van der Waals surface area contributed by atoms with E-state index in [0.717, 1.165) is 27.4 Å². The number of hydrogen-bond acceptors (Lipinski definition) is 6. The Morgan fingerprint density at radius 1 is 1.03 bits per heavy atom. The molecule has 1 amide bonds. The first-order chi connectivity index (χ1) is 17.6. The second-order valence-electron chi connectivity index (χ2n) is 8.44. The minimum absolute atomic E-state index is 0.0835. The average molecular weight is 499 g/mol. The van der Waals surface area contributed by atoms with E-state index in [-0.39, 0.29) is 11.9 Å².